The van der Waals surface area contributed by atoms with Gasteiger partial charge in [-0.1, -0.05) is 155 Å². The number of aryl methyl sites for hydroxylation is 6. The Kier molecular flexibility index (Phi) is 32.7. The first-order valence-corrected chi connectivity index (χ1v) is 43.6. The van der Waals surface area contributed by atoms with Crippen LogP contribution in [0.3, 0.4) is 0 Å². The van der Waals surface area contributed by atoms with Gasteiger partial charge in [-0.25, -0.2) is 13.2 Å². The molecule has 0 amide bonds. The fourth-order valence-electron chi connectivity index (χ4n) is 17.3. The highest BCUT2D eigenvalue weighted by atomic mass is 35.5. The molecule has 5 aliphatic rings. The van der Waals surface area contributed by atoms with Gasteiger partial charge >= 0.3 is 0 Å². The third kappa shape index (κ3) is 21.8. The van der Waals surface area contributed by atoms with Crippen molar-refractivity contribution in [3.05, 3.63) is 269 Å². The summed E-state index contributed by atoms with van der Waals surface area (Å²) in [5, 5.41) is 1.44. The Balaban J connectivity index is 0.000000158. The van der Waals surface area contributed by atoms with E-state index >= 15 is 0 Å². The van der Waals surface area contributed by atoms with Crippen LogP contribution in [0.5, 0.6) is 23.0 Å². The molecule has 10 atom stereocenters. The van der Waals surface area contributed by atoms with Gasteiger partial charge < -0.3 is 18.9 Å². The number of terminal acetylenes is 5. The first-order valence-electron chi connectivity index (χ1n) is 42.1. The lowest BCUT2D eigenvalue weighted by Crippen LogP contribution is -2.17. The molecule has 0 bridgehead atoms. The number of benzene rings is 10. The van der Waals surface area contributed by atoms with E-state index in [4.69, 9.17) is 97.5 Å². The number of carbonyl (C=O) groups excluding carboxylic acids is 10. The van der Waals surface area contributed by atoms with Crippen LogP contribution in [0, 0.1) is 150 Å². The van der Waals surface area contributed by atoms with E-state index in [9.17, 15) is 61.1 Å². The third-order valence-corrected chi connectivity index (χ3v) is 25.5. The lowest BCUT2D eigenvalue weighted by Gasteiger charge is -2.17. The average molecular weight is 1840 g/mol. The van der Waals surface area contributed by atoms with Crippen molar-refractivity contribution in [2.45, 2.75) is 135 Å². The van der Waals surface area contributed by atoms with Gasteiger partial charge in [0.2, 0.25) is 0 Å². The van der Waals surface area contributed by atoms with E-state index in [0.29, 0.717) is 78.0 Å². The van der Waals surface area contributed by atoms with Gasteiger partial charge in [-0.15, -0.1) is 61.7 Å². The topological polar surface area (TPSA) is 208 Å². The molecular formula is C110H93Cl4F3O14. The number of hydrogen-bond acceptors (Lipinski definition) is 14. The second-order valence-electron chi connectivity index (χ2n) is 33.1. The standard InChI is InChI=1S/2C22H18ClFO3.C22H19ClO3.C22H19ClO2.C22H19FO3/c1-4-5-14-10-18(25)21(22(14)26)20-16(23)8-15(11-19(20)27-3)13-7-6-12(2)17(24)9-13;1-4-5-13-10-18(25)21(22(13)26)20-16(23)9-14(11-19(20)27-3)15-7-6-12(2)8-17(15)24;1-4-5-15-11-18(24)21(22(15)25)20-17(23)10-16(12-19(20)26-3)14-8-6-13(2)7-9-14;1-4-5-16-12-20(24)21(22(16)25)18-11-15(8-7-14(18)3)17-9-6-13(2)10-19(17)23;1-4-5-15-11-18(24)21(22(15)25)20-17(23)10-16(12-19(20)26-3)14-8-6-13(2)7-9-14/h1,6-9,11,14,21H,5,10H2,2-3H3;1,6-9,11,13,21H,5,10H2,2-3H3;1,6-10,12,15,21H,5,11H2,2-3H3;1,6-11,16,21H,5,12H2,2-3H3;1,6-10,12,15,21H,5,11H2,2-3H3. The molecule has 0 spiro atoms. The van der Waals surface area contributed by atoms with E-state index in [2.05, 4.69) is 29.6 Å². The van der Waals surface area contributed by atoms with Crippen molar-refractivity contribution in [3.63, 3.8) is 0 Å². The van der Waals surface area contributed by atoms with E-state index < -0.39 is 59.1 Å². The van der Waals surface area contributed by atoms with E-state index in [-0.39, 0.29) is 160 Å². The summed E-state index contributed by atoms with van der Waals surface area (Å²) in [6, 6.07) is 50.1. The van der Waals surface area contributed by atoms with Crippen LogP contribution in [0.15, 0.2) is 170 Å². The van der Waals surface area contributed by atoms with Gasteiger partial charge in [0.15, 0.2) is 28.9 Å². The van der Waals surface area contributed by atoms with Crippen LogP contribution in [-0.4, -0.2) is 86.3 Å². The van der Waals surface area contributed by atoms with Gasteiger partial charge in [0.25, 0.3) is 0 Å². The Morgan fingerprint density at radius 1 is 0.282 bits per heavy atom. The Morgan fingerprint density at radius 3 is 0.954 bits per heavy atom. The van der Waals surface area contributed by atoms with Crippen LogP contribution in [0.4, 0.5) is 13.2 Å². The monoisotopic (exact) mass is 1830 g/mol. The summed E-state index contributed by atoms with van der Waals surface area (Å²) in [5.41, 5.74) is 14.7. The van der Waals surface area contributed by atoms with Gasteiger partial charge in [-0.2, -0.15) is 0 Å². The highest BCUT2D eigenvalue weighted by Gasteiger charge is 2.49. The summed E-state index contributed by atoms with van der Waals surface area (Å²) in [6.07, 6.45) is 28.4. The fourth-order valence-corrected chi connectivity index (χ4v) is 18.6. The molecule has 10 aromatic carbocycles. The molecule has 10 aromatic rings. The van der Waals surface area contributed by atoms with Crippen molar-refractivity contribution in [2.24, 2.45) is 29.6 Å². The van der Waals surface area contributed by atoms with Crippen LogP contribution in [0.1, 0.15) is 155 Å². The van der Waals surface area contributed by atoms with Crippen molar-refractivity contribution in [1.29, 1.82) is 0 Å². The minimum absolute atomic E-state index is 0.0119. The third-order valence-electron chi connectivity index (χ3n) is 24.2. The molecule has 666 valence electrons. The molecule has 0 heterocycles. The number of rotatable bonds is 19. The maximum Gasteiger partial charge on any atom is 0.152 e. The molecule has 0 radical (unpaired) electrons. The number of ether oxygens (including phenoxy) is 4. The van der Waals surface area contributed by atoms with Gasteiger partial charge in [-0.3, -0.25) is 47.9 Å². The van der Waals surface area contributed by atoms with Gasteiger partial charge in [-0.05, 0) is 187 Å². The van der Waals surface area contributed by atoms with Crippen LogP contribution in [0.25, 0.3) is 55.6 Å². The van der Waals surface area contributed by atoms with E-state index in [0.717, 1.165) is 61.2 Å². The summed E-state index contributed by atoms with van der Waals surface area (Å²) in [5.74, 6) is 3.19. The molecule has 14 nitrogen and oxygen atoms in total. The Hall–Kier alpha value is -13.2. The van der Waals surface area contributed by atoms with Crippen molar-refractivity contribution < 1.29 is 80.1 Å². The number of carbonyl (C=O) groups is 10. The van der Waals surface area contributed by atoms with Crippen LogP contribution < -0.4 is 18.9 Å². The zero-order valence-corrected chi connectivity index (χ0v) is 76.8. The number of Topliss-reactive ketones (excluding diaryl/α,β-unsaturated/α-hetero) is 10. The molecule has 21 heteroatoms. The molecular weight excluding hydrogens is 1740 g/mol. The fraction of sp³-hybridized carbons (Fsp3) is 0.273. The van der Waals surface area contributed by atoms with Crippen molar-refractivity contribution in [2.75, 3.05) is 28.4 Å². The Morgan fingerprint density at radius 2 is 0.580 bits per heavy atom. The summed E-state index contributed by atoms with van der Waals surface area (Å²) in [4.78, 5) is 126. The van der Waals surface area contributed by atoms with Gasteiger partial charge in [0, 0.05) is 147 Å². The van der Waals surface area contributed by atoms with Crippen LogP contribution in [-0.2, 0) is 47.9 Å². The van der Waals surface area contributed by atoms with Crippen LogP contribution in [0.2, 0.25) is 20.1 Å². The Labute approximate surface area is 781 Å². The van der Waals surface area contributed by atoms with Gasteiger partial charge in [0.1, 0.15) is 99.0 Å². The highest BCUT2D eigenvalue weighted by Crippen LogP contribution is 2.50. The number of hydrogen-bond donors (Lipinski definition) is 0. The second-order valence-corrected chi connectivity index (χ2v) is 34.7. The van der Waals surface area contributed by atoms with Crippen molar-refractivity contribution >= 4 is 104 Å². The lowest BCUT2D eigenvalue weighted by molar-refractivity contribution is -0.126. The molecule has 5 saturated carbocycles. The SMILES string of the molecule is C#CCC1CC(=O)C(c2c(Cl)cc(-c3ccc(C)c(F)c3)cc2OC)C1=O.C#CCC1CC(=O)C(c2c(Cl)cc(-c3ccc(C)cc3)cc2OC)C1=O.C#CCC1CC(=O)C(c2c(Cl)cc(-c3ccc(C)cc3F)cc2OC)C1=O.C#CCC1CC(=O)C(c2c(F)cc(-c3ccc(C)cc3)cc2OC)C1=O.C#CCC1CC(=O)C(c2cc(-c3ccc(C)cc3Cl)ccc2C)C1=O. The second kappa shape index (κ2) is 43.5. The van der Waals surface area contributed by atoms with E-state index in [1.807, 2.05) is 119 Å². The maximum absolute atomic E-state index is 14.9. The van der Waals surface area contributed by atoms with E-state index in [1.165, 1.54) is 46.6 Å². The summed E-state index contributed by atoms with van der Waals surface area (Å²) in [6.45, 7) is 11.4. The normalized spacial score (nSPS) is 19.5. The largest absolute Gasteiger partial charge is 0.496 e. The number of halogens is 7. The summed E-state index contributed by atoms with van der Waals surface area (Å²) >= 11 is 25.8. The van der Waals surface area contributed by atoms with Crippen LogP contribution >= 0.6 is 46.4 Å². The maximum atomic E-state index is 14.9. The molecule has 0 N–H and O–H groups in total. The number of ketones is 10. The molecule has 0 saturated heterocycles. The Bertz CT molecular complexity index is 6320. The van der Waals surface area contributed by atoms with E-state index in [1.54, 1.807) is 74.5 Å². The predicted molar refractivity (Wildman–Crippen MR) is 505 cm³/mol. The molecule has 0 aromatic heterocycles. The quantitative estimate of drug-likeness (QED) is 0.0545. The molecule has 15 rings (SSSR count). The smallest absolute Gasteiger partial charge is 0.152 e. The zero-order chi connectivity index (χ0) is 95.3. The minimum Gasteiger partial charge on any atom is -0.496 e. The highest BCUT2D eigenvalue weighted by molar-refractivity contribution is 6.35. The summed E-state index contributed by atoms with van der Waals surface area (Å²) < 4.78 is 64.9. The lowest BCUT2D eigenvalue weighted by atomic mass is 9.88. The predicted octanol–water partition coefficient (Wildman–Crippen LogP) is 23.0. The minimum atomic E-state index is -1.14. The molecule has 10 unspecified atom stereocenters. The summed E-state index contributed by atoms with van der Waals surface area (Å²) in [7, 11) is 5.78. The number of methoxy groups -OCH3 is 4. The first kappa shape index (κ1) is 98.4. The zero-order valence-electron chi connectivity index (χ0n) is 73.8. The molecule has 0 aliphatic heterocycles. The van der Waals surface area contributed by atoms with Gasteiger partial charge in [0.05, 0.1) is 28.4 Å². The van der Waals surface area contributed by atoms with Crippen molar-refractivity contribution in [3.8, 4) is 140 Å². The average Bonchev–Trinajstić information content (AvgIpc) is 1.68. The van der Waals surface area contributed by atoms with Crippen molar-refractivity contribution in [1.82, 2.24) is 0 Å². The first-order chi connectivity index (χ1) is 62.6. The molecule has 5 fully saturated rings. The molecule has 5 aliphatic carbocycles. The molecule has 131 heavy (non-hydrogen) atoms.